The molecule has 1 aliphatic rings. The van der Waals surface area contributed by atoms with Gasteiger partial charge in [-0.2, -0.15) is 0 Å². The summed E-state index contributed by atoms with van der Waals surface area (Å²) in [5, 5.41) is 0. The summed E-state index contributed by atoms with van der Waals surface area (Å²) >= 11 is 0. The lowest BCUT2D eigenvalue weighted by Gasteiger charge is -2.35. The standard InChI is InChI=1S/C9H17O4P/c1-4-6-11-14(10)12-7-9(3,5-2)8-13-14/h4H,1,5-8H2,2-3H3. The first-order valence-corrected chi connectivity index (χ1v) is 6.14. The molecule has 0 aromatic carbocycles. The van der Waals surface area contributed by atoms with Crippen molar-refractivity contribution >= 4 is 7.82 Å². The summed E-state index contributed by atoms with van der Waals surface area (Å²) in [5.74, 6) is 0. The molecule has 0 amide bonds. The second-order valence-electron chi connectivity index (χ2n) is 3.74. The molecule has 0 aromatic heterocycles. The smallest absolute Gasteiger partial charge is 0.286 e. The summed E-state index contributed by atoms with van der Waals surface area (Å²) in [7, 11) is -3.29. The van der Waals surface area contributed by atoms with Crippen molar-refractivity contribution in [3.8, 4) is 0 Å². The average Bonchev–Trinajstić information content (AvgIpc) is 2.21. The van der Waals surface area contributed by atoms with E-state index in [0.717, 1.165) is 6.42 Å². The maximum atomic E-state index is 11.7. The Labute approximate surface area is 84.9 Å². The van der Waals surface area contributed by atoms with Gasteiger partial charge in [-0.05, 0) is 6.42 Å². The second kappa shape index (κ2) is 4.58. The topological polar surface area (TPSA) is 44.8 Å². The van der Waals surface area contributed by atoms with Crippen molar-refractivity contribution in [2.45, 2.75) is 20.3 Å². The van der Waals surface area contributed by atoms with E-state index in [2.05, 4.69) is 6.58 Å². The quantitative estimate of drug-likeness (QED) is 0.539. The van der Waals surface area contributed by atoms with Crippen molar-refractivity contribution < 1.29 is 18.1 Å². The van der Waals surface area contributed by atoms with Crippen LogP contribution in [0.1, 0.15) is 20.3 Å². The van der Waals surface area contributed by atoms with Crippen LogP contribution in [0.25, 0.3) is 0 Å². The average molecular weight is 220 g/mol. The van der Waals surface area contributed by atoms with E-state index in [-0.39, 0.29) is 12.0 Å². The molecular formula is C9H17O4P. The molecule has 0 aromatic rings. The molecule has 1 saturated heterocycles. The van der Waals surface area contributed by atoms with Gasteiger partial charge in [0.05, 0.1) is 19.8 Å². The molecule has 0 unspecified atom stereocenters. The third-order valence-corrected chi connectivity index (χ3v) is 3.70. The van der Waals surface area contributed by atoms with Gasteiger partial charge in [-0.25, -0.2) is 4.57 Å². The molecule has 1 fully saturated rings. The van der Waals surface area contributed by atoms with E-state index in [1.54, 1.807) is 0 Å². The van der Waals surface area contributed by atoms with Crippen LogP contribution in [0.5, 0.6) is 0 Å². The molecule has 0 N–H and O–H groups in total. The fourth-order valence-corrected chi connectivity index (χ4v) is 2.42. The van der Waals surface area contributed by atoms with Crippen LogP contribution < -0.4 is 0 Å². The predicted octanol–water partition coefficient (Wildman–Crippen LogP) is 2.76. The van der Waals surface area contributed by atoms with Crippen molar-refractivity contribution in [2.24, 2.45) is 5.41 Å². The van der Waals surface area contributed by atoms with Gasteiger partial charge in [0, 0.05) is 5.41 Å². The number of hydrogen-bond donors (Lipinski definition) is 0. The minimum Gasteiger partial charge on any atom is -0.286 e. The van der Waals surface area contributed by atoms with Gasteiger partial charge in [-0.3, -0.25) is 13.6 Å². The van der Waals surface area contributed by atoms with Gasteiger partial charge < -0.3 is 0 Å². The second-order valence-corrected chi connectivity index (χ2v) is 5.41. The summed E-state index contributed by atoms with van der Waals surface area (Å²) < 4.78 is 26.9. The number of phosphoric acid groups is 1. The van der Waals surface area contributed by atoms with Crippen LogP contribution in [0.4, 0.5) is 0 Å². The van der Waals surface area contributed by atoms with E-state index in [1.807, 2.05) is 13.8 Å². The SMILES string of the molecule is C=CCOP1(=O)OCC(C)(CC)CO1. The lowest BCUT2D eigenvalue weighted by Crippen LogP contribution is -2.32. The molecule has 0 aliphatic carbocycles. The lowest BCUT2D eigenvalue weighted by atomic mass is 9.90. The molecule has 0 atom stereocenters. The summed E-state index contributed by atoms with van der Waals surface area (Å²) in [6, 6.07) is 0. The molecule has 1 rings (SSSR count). The van der Waals surface area contributed by atoms with Crippen LogP contribution in [0.15, 0.2) is 12.7 Å². The molecule has 4 nitrogen and oxygen atoms in total. The van der Waals surface area contributed by atoms with Crippen molar-refractivity contribution in [2.75, 3.05) is 19.8 Å². The summed E-state index contributed by atoms with van der Waals surface area (Å²) in [6.07, 6.45) is 2.44. The third kappa shape index (κ3) is 2.92. The Morgan fingerprint density at radius 1 is 1.57 bits per heavy atom. The largest absolute Gasteiger partial charge is 0.475 e. The van der Waals surface area contributed by atoms with Crippen molar-refractivity contribution in [1.29, 1.82) is 0 Å². The highest BCUT2D eigenvalue weighted by Crippen LogP contribution is 2.55. The van der Waals surface area contributed by atoms with Crippen LogP contribution in [-0.4, -0.2) is 19.8 Å². The summed E-state index contributed by atoms with van der Waals surface area (Å²) in [4.78, 5) is 0. The Morgan fingerprint density at radius 3 is 2.57 bits per heavy atom. The molecule has 0 saturated carbocycles. The van der Waals surface area contributed by atoms with E-state index >= 15 is 0 Å². The first-order valence-electron chi connectivity index (χ1n) is 4.68. The zero-order chi connectivity index (χ0) is 10.7. The first kappa shape index (κ1) is 11.9. The van der Waals surface area contributed by atoms with Crippen LogP contribution in [0.3, 0.4) is 0 Å². The monoisotopic (exact) mass is 220 g/mol. The number of hydrogen-bond acceptors (Lipinski definition) is 4. The zero-order valence-electron chi connectivity index (χ0n) is 8.69. The predicted molar refractivity (Wildman–Crippen MR) is 54.1 cm³/mol. The fourth-order valence-electron chi connectivity index (χ4n) is 0.971. The van der Waals surface area contributed by atoms with Crippen LogP contribution in [0.2, 0.25) is 0 Å². The van der Waals surface area contributed by atoms with Gasteiger partial charge in [0.25, 0.3) is 0 Å². The molecule has 1 aliphatic heterocycles. The van der Waals surface area contributed by atoms with E-state index in [0.29, 0.717) is 13.2 Å². The Hall–Kier alpha value is -0.150. The van der Waals surface area contributed by atoms with Crippen LogP contribution >= 0.6 is 7.82 Å². The van der Waals surface area contributed by atoms with E-state index < -0.39 is 7.82 Å². The van der Waals surface area contributed by atoms with Gasteiger partial charge in [0.2, 0.25) is 0 Å². The molecular weight excluding hydrogens is 203 g/mol. The van der Waals surface area contributed by atoms with Crippen LogP contribution in [0, 0.1) is 5.41 Å². The minimum absolute atomic E-state index is 0.0501. The van der Waals surface area contributed by atoms with Crippen molar-refractivity contribution in [3.05, 3.63) is 12.7 Å². The molecule has 0 radical (unpaired) electrons. The van der Waals surface area contributed by atoms with Gasteiger partial charge in [-0.1, -0.05) is 19.9 Å². The highest BCUT2D eigenvalue weighted by molar-refractivity contribution is 7.48. The Morgan fingerprint density at radius 2 is 2.14 bits per heavy atom. The normalized spacial score (nSPS) is 38.1. The summed E-state index contributed by atoms with van der Waals surface area (Å²) in [6.45, 7) is 8.55. The molecule has 0 spiro atoms. The maximum absolute atomic E-state index is 11.7. The van der Waals surface area contributed by atoms with Gasteiger partial charge in [0.15, 0.2) is 0 Å². The lowest BCUT2D eigenvalue weighted by molar-refractivity contribution is -0.00683. The van der Waals surface area contributed by atoms with Gasteiger partial charge >= 0.3 is 7.82 Å². The van der Waals surface area contributed by atoms with Gasteiger partial charge in [0.1, 0.15) is 0 Å². The molecule has 82 valence electrons. The fraction of sp³-hybridized carbons (Fsp3) is 0.778. The van der Waals surface area contributed by atoms with Gasteiger partial charge in [-0.15, -0.1) is 6.58 Å². The number of phosphoric ester groups is 1. The van der Waals surface area contributed by atoms with Crippen LogP contribution in [-0.2, 0) is 18.1 Å². The minimum atomic E-state index is -3.29. The van der Waals surface area contributed by atoms with Crippen molar-refractivity contribution in [1.82, 2.24) is 0 Å². The molecule has 5 heteroatoms. The Bertz CT molecular complexity index is 239. The highest BCUT2D eigenvalue weighted by atomic mass is 31.2. The number of rotatable bonds is 4. The molecule has 1 heterocycles. The first-order chi connectivity index (χ1) is 6.54. The molecule has 0 bridgehead atoms. The van der Waals surface area contributed by atoms with E-state index in [1.165, 1.54) is 6.08 Å². The third-order valence-electron chi connectivity index (χ3n) is 2.35. The zero-order valence-corrected chi connectivity index (χ0v) is 9.59. The Kier molecular flexibility index (Phi) is 3.90. The highest BCUT2D eigenvalue weighted by Gasteiger charge is 2.39. The molecule has 14 heavy (non-hydrogen) atoms. The Balaban J connectivity index is 2.48. The van der Waals surface area contributed by atoms with E-state index in [9.17, 15) is 4.57 Å². The van der Waals surface area contributed by atoms with Crippen molar-refractivity contribution in [3.63, 3.8) is 0 Å². The van der Waals surface area contributed by atoms with E-state index in [4.69, 9.17) is 13.6 Å². The summed E-state index contributed by atoms with van der Waals surface area (Å²) in [5.41, 5.74) is -0.0501. The maximum Gasteiger partial charge on any atom is 0.475 e.